The lowest BCUT2D eigenvalue weighted by Crippen LogP contribution is -2.30. The highest BCUT2D eigenvalue weighted by Crippen LogP contribution is 2.38. The lowest BCUT2D eigenvalue weighted by molar-refractivity contribution is -0.124. The second-order valence-corrected chi connectivity index (χ2v) is 7.90. The molecule has 1 aromatic rings. The molecule has 0 saturated heterocycles. The van der Waals surface area contributed by atoms with Crippen molar-refractivity contribution < 1.29 is 23.9 Å². The first-order valence-electron chi connectivity index (χ1n) is 9.36. The van der Waals surface area contributed by atoms with Crippen LogP contribution < -0.4 is 10.6 Å². The van der Waals surface area contributed by atoms with Gasteiger partial charge in [-0.15, -0.1) is 11.3 Å². The average Bonchev–Trinajstić information content (AvgIpc) is 2.96. The Balaban J connectivity index is 1.89. The summed E-state index contributed by atoms with van der Waals surface area (Å²) in [4.78, 5) is 37.0. The minimum Gasteiger partial charge on any atom is -0.452 e. The summed E-state index contributed by atoms with van der Waals surface area (Å²) in [6.07, 6.45) is 4.63. The van der Waals surface area contributed by atoms with Gasteiger partial charge in [-0.3, -0.25) is 9.59 Å². The standard InChI is InChI=1S/C19H28N2O5S/c1-12(2)25-10-6-9-20-16(23)11-26-19(24)17-14-7-4-5-8-15(14)27-18(17)21-13(3)22/h12H,4-11H2,1-3H3,(H,20,23)(H,21,22). The van der Waals surface area contributed by atoms with E-state index in [9.17, 15) is 14.4 Å². The fourth-order valence-corrected chi connectivity index (χ4v) is 4.23. The van der Waals surface area contributed by atoms with E-state index in [2.05, 4.69) is 10.6 Å². The molecule has 1 aliphatic rings. The van der Waals surface area contributed by atoms with Crippen LogP contribution in [-0.2, 0) is 31.9 Å². The second kappa shape index (κ2) is 10.4. The summed E-state index contributed by atoms with van der Waals surface area (Å²) in [5, 5.41) is 5.94. The summed E-state index contributed by atoms with van der Waals surface area (Å²) in [5.41, 5.74) is 1.36. The molecule has 8 heteroatoms. The number of carbonyl (C=O) groups excluding carboxylic acids is 3. The van der Waals surface area contributed by atoms with E-state index in [1.54, 1.807) is 0 Å². The molecule has 0 saturated carbocycles. The molecule has 0 fully saturated rings. The molecule has 7 nitrogen and oxygen atoms in total. The van der Waals surface area contributed by atoms with Crippen LogP contribution in [0, 0.1) is 0 Å². The van der Waals surface area contributed by atoms with E-state index in [1.165, 1.54) is 18.3 Å². The smallest absolute Gasteiger partial charge is 0.341 e. The third-order valence-electron chi connectivity index (χ3n) is 4.09. The van der Waals surface area contributed by atoms with Crippen LogP contribution in [-0.4, -0.2) is 43.6 Å². The molecule has 27 heavy (non-hydrogen) atoms. The highest BCUT2D eigenvalue weighted by molar-refractivity contribution is 7.17. The van der Waals surface area contributed by atoms with E-state index >= 15 is 0 Å². The molecular formula is C19H28N2O5S. The summed E-state index contributed by atoms with van der Waals surface area (Å²) >= 11 is 1.43. The quantitative estimate of drug-likeness (QED) is 0.494. The molecule has 1 heterocycles. The number of hydrogen-bond acceptors (Lipinski definition) is 6. The Bertz CT molecular complexity index is 684. The number of ether oxygens (including phenoxy) is 2. The highest BCUT2D eigenvalue weighted by atomic mass is 32.1. The monoisotopic (exact) mass is 396 g/mol. The first-order chi connectivity index (χ1) is 12.9. The number of amides is 2. The summed E-state index contributed by atoms with van der Waals surface area (Å²) in [5.74, 6) is -1.14. The van der Waals surface area contributed by atoms with Gasteiger partial charge in [0, 0.05) is 25.0 Å². The molecule has 0 radical (unpaired) electrons. The number of nitrogens with one attached hydrogen (secondary N) is 2. The van der Waals surface area contributed by atoms with Crippen molar-refractivity contribution in [3.63, 3.8) is 0 Å². The van der Waals surface area contributed by atoms with Crippen molar-refractivity contribution in [1.29, 1.82) is 0 Å². The van der Waals surface area contributed by atoms with Gasteiger partial charge in [0.2, 0.25) is 5.91 Å². The van der Waals surface area contributed by atoms with E-state index in [4.69, 9.17) is 9.47 Å². The molecule has 0 spiro atoms. The van der Waals surface area contributed by atoms with Gasteiger partial charge in [-0.2, -0.15) is 0 Å². The number of hydrogen-bond donors (Lipinski definition) is 2. The van der Waals surface area contributed by atoms with Gasteiger partial charge in [0.05, 0.1) is 11.7 Å². The number of carbonyl (C=O) groups is 3. The second-order valence-electron chi connectivity index (χ2n) is 6.80. The molecule has 2 rings (SSSR count). The molecule has 0 aliphatic heterocycles. The third kappa shape index (κ3) is 6.62. The van der Waals surface area contributed by atoms with Gasteiger partial charge >= 0.3 is 5.97 Å². The Labute approximate surface area is 163 Å². The van der Waals surface area contributed by atoms with Gasteiger partial charge in [-0.05, 0) is 51.5 Å². The van der Waals surface area contributed by atoms with Crippen LogP contribution >= 0.6 is 11.3 Å². The van der Waals surface area contributed by atoms with Crippen molar-refractivity contribution in [2.24, 2.45) is 0 Å². The maximum absolute atomic E-state index is 12.6. The predicted molar refractivity (Wildman–Crippen MR) is 104 cm³/mol. The van der Waals surface area contributed by atoms with Crippen LogP contribution in [0.15, 0.2) is 0 Å². The maximum atomic E-state index is 12.6. The number of thiophene rings is 1. The molecule has 0 unspecified atom stereocenters. The Hall–Kier alpha value is -1.93. The zero-order chi connectivity index (χ0) is 19.8. The molecule has 0 atom stereocenters. The predicted octanol–water partition coefficient (Wildman–Crippen LogP) is 2.67. The van der Waals surface area contributed by atoms with Crippen molar-refractivity contribution in [2.75, 3.05) is 25.1 Å². The van der Waals surface area contributed by atoms with E-state index in [-0.39, 0.29) is 24.5 Å². The Morgan fingerprint density at radius 1 is 1.19 bits per heavy atom. The van der Waals surface area contributed by atoms with Gasteiger partial charge in [0.15, 0.2) is 6.61 Å². The van der Waals surface area contributed by atoms with Crippen LogP contribution in [0.1, 0.15) is 60.8 Å². The number of anilines is 1. The number of fused-ring (bicyclic) bond motifs is 1. The highest BCUT2D eigenvalue weighted by Gasteiger charge is 2.27. The number of rotatable bonds is 9. The Morgan fingerprint density at radius 3 is 2.63 bits per heavy atom. The van der Waals surface area contributed by atoms with Crippen molar-refractivity contribution >= 4 is 34.1 Å². The van der Waals surface area contributed by atoms with Gasteiger partial charge in [0.1, 0.15) is 5.00 Å². The minimum absolute atomic E-state index is 0.163. The fourth-order valence-electron chi connectivity index (χ4n) is 2.90. The molecule has 2 amide bonds. The van der Waals surface area contributed by atoms with Crippen LogP contribution in [0.5, 0.6) is 0 Å². The lowest BCUT2D eigenvalue weighted by atomic mass is 9.95. The average molecular weight is 397 g/mol. The molecular weight excluding hydrogens is 368 g/mol. The van der Waals surface area contributed by atoms with E-state index < -0.39 is 5.97 Å². The molecule has 1 aromatic heterocycles. The van der Waals surface area contributed by atoms with Gasteiger partial charge in [-0.25, -0.2) is 4.79 Å². The lowest BCUT2D eigenvalue weighted by Gasteiger charge is -2.13. The Morgan fingerprint density at radius 2 is 1.93 bits per heavy atom. The summed E-state index contributed by atoms with van der Waals surface area (Å²) in [7, 11) is 0. The third-order valence-corrected chi connectivity index (χ3v) is 5.30. The summed E-state index contributed by atoms with van der Waals surface area (Å²) in [6, 6.07) is 0. The largest absolute Gasteiger partial charge is 0.452 e. The Kier molecular flexibility index (Phi) is 8.24. The van der Waals surface area contributed by atoms with Crippen molar-refractivity contribution in [2.45, 2.75) is 59.0 Å². The topological polar surface area (TPSA) is 93.7 Å². The zero-order valence-corrected chi connectivity index (χ0v) is 17.0. The molecule has 0 aromatic carbocycles. The van der Waals surface area contributed by atoms with Gasteiger partial charge < -0.3 is 20.1 Å². The number of esters is 1. The molecule has 1 aliphatic carbocycles. The van der Waals surface area contributed by atoms with Crippen LogP contribution in [0.4, 0.5) is 5.00 Å². The van der Waals surface area contributed by atoms with Crippen LogP contribution in [0.25, 0.3) is 0 Å². The van der Waals surface area contributed by atoms with E-state index in [0.29, 0.717) is 30.1 Å². The van der Waals surface area contributed by atoms with E-state index in [1.807, 2.05) is 13.8 Å². The SMILES string of the molecule is CC(=O)Nc1sc2c(c1C(=O)OCC(=O)NCCCOC(C)C)CCCC2. The van der Waals surface area contributed by atoms with Crippen molar-refractivity contribution in [3.05, 3.63) is 16.0 Å². The fraction of sp³-hybridized carbons (Fsp3) is 0.632. The van der Waals surface area contributed by atoms with Crippen molar-refractivity contribution in [3.8, 4) is 0 Å². The molecule has 0 bridgehead atoms. The van der Waals surface area contributed by atoms with Gasteiger partial charge in [-0.1, -0.05) is 0 Å². The summed E-state index contributed by atoms with van der Waals surface area (Å²) < 4.78 is 10.6. The zero-order valence-electron chi connectivity index (χ0n) is 16.2. The first-order valence-corrected chi connectivity index (χ1v) is 10.2. The van der Waals surface area contributed by atoms with Crippen LogP contribution in [0.3, 0.4) is 0 Å². The minimum atomic E-state index is -0.559. The van der Waals surface area contributed by atoms with Crippen LogP contribution in [0.2, 0.25) is 0 Å². The first kappa shape index (κ1) is 21.4. The van der Waals surface area contributed by atoms with E-state index in [0.717, 1.165) is 36.1 Å². The molecule has 150 valence electrons. The number of aryl methyl sites for hydroxylation is 1. The van der Waals surface area contributed by atoms with Gasteiger partial charge in [0.25, 0.3) is 5.91 Å². The summed E-state index contributed by atoms with van der Waals surface area (Å²) in [6.45, 7) is 6.01. The van der Waals surface area contributed by atoms with Crippen molar-refractivity contribution in [1.82, 2.24) is 5.32 Å². The normalized spacial score (nSPS) is 13.2. The molecule has 2 N–H and O–H groups in total. The maximum Gasteiger partial charge on any atom is 0.341 e.